The average molecular weight is 273 g/mol. The predicted octanol–water partition coefficient (Wildman–Crippen LogP) is 0.0446. The molecule has 1 aromatic rings. The number of ether oxygens (including phenoxy) is 1. The third-order valence-corrected chi connectivity index (χ3v) is 1.74. The number of benzene rings is 1. The number of aliphatic carboxylic acids is 2. The SMILES string of the molecule is COc1cccc(NN)c1[N+](=O)[O-].O=C(O)C(=O)O. The van der Waals surface area contributed by atoms with E-state index in [4.69, 9.17) is 30.4 Å². The summed E-state index contributed by atoms with van der Waals surface area (Å²) in [5, 5.41) is 25.4. The molecule has 0 saturated heterocycles. The molecule has 10 nitrogen and oxygen atoms in total. The number of para-hydroxylation sites is 1. The summed E-state index contributed by atoms with van der Waals surface area (Å²) < 4.78 is 4.81. The number of nitro benzene ring substituents is 1. The van der Waals surface area contributed by atoms with Crippen molar-refractivity contribution in [2.45, 2.75) is 0 Å². The Morgan fingerprint density at radius 2 is 1.89 bits per heavy atom. The van der Waals surface area contributed by atoms with Gasteiger partial charge in [-0.25, -0.2) is 9.59 Å². The summed E-state index contributed by atoms with van der Waals surface area (Å²) in [7, 11) is 1.36. The minimum Gasteiger partial charge on any atom is -0.490 e. The van der Waals surface area contributed by atoms with Crippen molar-refractivity contribution in [3.63, 3.8) is 0 Å². The second-order valence-electron chi connectivity index (χ2n) is 2.87. The molecule has 10 heteroatoms. The zero-order valence-electron chi connectivity index (χ0n) is 9.69. The number of carboxylic acids is 2. The molecule has 104 valence electrons. The number of nitro groups is 1. The van der Waals surface area contributed by atoms with Crippen molar-refractivity contribution in [2.75, 3.05) is 12.5 Å². The molecule has 0 spiro atoms. The van der Waals surface area contributed by atoms with Crippen molar-refractivity contribution in [3.8, 4) is 5.75 Å². The molecule has 0 aliphatic heterocycles. The number of carbonyl (C=O) groups is 2. The highest BCUT2D eigenvalue weighted by molar-refractivity contribution is 6.27. The highest BCUT2D eigenvalue weighted by Crippen LogP contribution is 2.33. The topological polar surface area (TPSA) is 165 Å². The fraction of sp³-hybridized carbons (Fsp3) is 0.111. The Kier molecular flexibility index (Phi) is 6.32. The molecule has 0 fully saturated rings. The van der Waals surface area contributed by atoms with Gasteiger partial charge in [0.1, 0.15) is 5.69 Å². The van der Waals surface area contributed by atoms with Gasteiger partial charge in [-0.1, -0.05) is 6.07 Å². The van der Waals surface area contributed by atoms with Crippen LogP contribution in [0, 0.1) is 10.1 Å². The van der Waals surface area contributed by atoms with Gasteiger partial charge in [0.15, 0.2) is 5.75 Å². The highest BCUT2D eigenvalue weighted by Gasteiger charge is 2.19. The van der Waals surface area contributed by atoms with Crippen LogP contribution in [0.25, 0.3) is 0 Å². The lowest BCUT2D eigenvalue weighted by Crippen LogP contribution is -2.09. The van der Waals surface area contributed by atoms with Crippen LogP contribution in [-0.4, -0.2) is 34.2 Å². The van der Waals surface area contributed by atoms with E-state index >= 15 is 0 Å². The molecule has 19 heavy (non-hydrogen) atoms. The number of nitrogens with two attached hydrogens (primary N) is 1. The van der Waals surface area contributed by atoms with Crippen molar-refractivity contribution < 1.29 is 29.5 Å². The predicted molar refractivity (Wildman–Crippen MR) is 62.7 cm³/mol. The zero-order chi connectivity index (χ0) is 15.0. The molecule has 0 amide bonds. The summed E-state index contributed by atoms with van der Waals surface area (Å²) >= 11 is 0. The van der Waals surface area contributed by atoms with Crippen LogP contribution >= 0.6 is 0 Å². The molecule has 0 heterocycles. The Labute approximate surface area is 106 Å². The molecule has 5 N–H and O–H groups in total. The highest BCUT2D eigenvalue weighted by atomic mass is 16.6. The van der Waals surface area contributed by atoms with E-state index in [-0.39, 0.29) is 17.1 Å². The van der Waals surface area contributed by atoms with Crippen LogP contribution in [0.5, 0.6) is 5.75 Å². The van der Waals surface area contributed by atoms with Gasteiger partial charge in [-0.3, -0.25) is 16.0 Å². The maximum absolute atomic E-state index is 10.6. The van der Waals surface area contributed by atoms with E-state index in [1.807, 2.05) is 0 Å². The molecule has 0 radical (unpaired) electrons. The number of anilines is 1. The normalized spacial score (nSPS) is 8.74. The Morgan fingerprint density at radius 3 is 2.21 bits per heavy atom. The molecular formula is C9H11N3O7. The van der Waals surface area contributed by atoms with E-state index in [2.05, 4.69) is 5.43 Å². The fourth-order valence-electron chi connectivity index (χ4n) is 0.992. The Balaban J connectivity index is 0.000000459. The average Bonchev–Trinajstić information content (AvgIpc) is 2.37. The lowest BCUT2D eigenvalue weighted by molar-refractivity contribution is -0.384. The molecular weight excluding hydrogens is 262 g/mol. The van der Waals surface area contributed by atoms with Crippen LogP contribution < -0.4 is 16.0 Å². The van der Waals surface area contributed by atoms with E-state index in [0.29, 0.717) is 0 Å². The zero-order valence-corrected chi connectivity index (χ0v) is 9.69. The van der Waals surface area contributed by atoms with Crippen LogP contribution in [0.3, 0.4) is 0 Å². The van der Waals surface area contributed by atoms with Gasteiger partial charge in [0.2, 0.25) is 0 Å². The molecule has 0 aliphatic carbocycles. The molecule has 0 unspecified atom stereocenters. The minimum atomic E-state index is -1.82. The van der Waals surface area contributed by atoms with Crippen molar-refractivity contribution in [1.82, 2.24) is 0 Å². The van der Waals surface area contributed by atoms with Crippen LogP contribution in [0.15, 0.2) is 18.2 Å². The van der Waals surface area contributed by atoms with Gasteiger partial charge in [0.25, 0.3) is 0 Å². The number of hydrogen-bond donors (Lipinski definition) is 4. The smallest absolute Gasteiger partial charge is 0.414 e. The van der Waals surface area contributed by atoms with Crippen molar-refractivity contribution >= 4 is 23.3 Å². The van der Waals surface area contributed by atoms with Gasteiger partial charge in [-0.2, -0.15) is 0 Å². The van der Waals surface area contributed by atoms with Gasteiger partial charge >= 0.3 is 17.6 Å². The third kappa shape index (κ3) is 4.87. The first-order valence-corrected chi connectivity index (χ1v) is 4.59. The summed E-state index contributed by atoms with van der Waals surface area (Å²) in [4.78, 5) is 28.2. The van der Waals surface area contributed by atoms with Gasteiger partial charge in [-0.15, -0.1) is 0 Å². The lowest BCUT2D eigenvalue weighted by Gasteiger charge is -2.05. The summed E-state index contributed by atoms with van der Waals surface area (Å²) in [5.74, 6) is 1.63. The monoisotopic (exact) mass is 273 g/mol. The van der Waals surface area contributed by atoms with Crippen LogP contribution in [-0.2, 0) is 9.59 Å². The standard InChI is InChI=1S/C7H9N3O3.C2H2O4/c1-13-6-4-2-3-5(9-8)7(6)10(11)12;3-1(4)2(5)6/h2-4,9H,8H2,1H3;(H,3,4)(H,5,6). The van der Waals surface area contributed by atoms with Crippen molar-refractivity contribution in [3.05, 3.63) is 28.3 Å². The summed E-state index contributed by atoms with van der Waals surface area (Å²) in [6.07, 6.45) is 0. The van der Waals surface area contributed by atoms with Gasteiger partial charge in [0.05, 0.1) is 12.0 Å². The maximum atomic E-state index is 10.6. The quantitative estimate of drug-likeness (QED) is 0.257. The number of hydrazine groups is 1. The molecule has 0 saturated carbocycles. The summed E-state index contributed by atoms with van der Waals surface area (Å²) in [6, 6.07) is 4.61. The Morgan fingerprint density at radius 1 is 1.37 bits per heavy atom. The fourth-order valence-corrected chi connectivity index (χ4v) is 0.992. The van der Waals surface area contributed by atoms with Crippen molar-refractivity contribution in [1.29, 1.82) is 0 Å². The van der Waals surface area contributed by atoms with E-state index in [0.717, 1.165) is 0 Å². The van der Waals surface area contributed by atoms with E-state index in [1.54, 1.807) is 6.07 Å². The van der Waals surface area contributed by atoms with Gasteiger partial charge in [-0.05, 0) is 12.1 Å². The first kappa shape index (κ1) is 16.1. The molecule has 0 aliphatic rings. The van der Waals surface area contributed by atoms with Gasteiger partial charge in [0, 0.05) is 0 Å². The van der Waals surface area contributed by atoms with Crippen molar-refractivity contribution in [2.24, 2.45) is 5.84 Å². The number of nitrogens with zero attached hydrogens (tertiary/aromatic N) is 1. The van der Waals surface area contributed by atoms with E-state index < -0.39 is 16.9 Å². The van der Waals surface area contributed by atoms with Gasteiger partial charge < -0.3 is 20.4 Å². The number of nitrogens with one attached hydrogen (secondary N) is 1. The number of carboxylic acid groups (broad SMARTS) is 2. The summed E-state index contributed by atoms with van der Waals surface area (Å²) in [6.45, 7) is 0. The van der Waals surface area contributed by atoms with Crippen LogP contribution in [0.2, 0.25) is 0 Å². The largest absolute Gasteiger partial charge is 0.490 e. The number of rotatable bonds is 3. The third-order valence-electron chi connectivity index (χ3n) is 1.74. The molecule has 0 aromatic heterocycles. The lowest BCUT2D eigenvalue weighted by atomic mass is 10.2. The van der Waals surface area contributed by atoms with Crippen LogP contribution in [0.4, 0.5) is 11.4 Å². The Hall–Kier alpha value is -2.88. The molecule has 0 atom stereocenters. The number of methoxy groups -OCH3 is 1. The Bertz CT molecular complexity index is 454. The molecule has 1 aromatic carbocycles. The molecule has 1 rings (SSSR count). The molecule has 0 bridgehead atoms. The van der Waals surface area contributed by atoms with Crippen LogP contribution in [0.1, 0.15) is 0 Å². The maximum Gasteiger partial charge on any atom is 0.414 e. The second kappa shape index (κ2) is 7.45. The summed E-state index contributed by atoms with van der Waals surface area (Å²) in [5.41, 5.74) is 2.30. The number of hydrogen-bond acceptors (Lipinski definition) is 7. The first-order valence-electron chi connectivity index (χ1n) is 4.59. The first-order chi connectivity index (χ1) is 8.84. The van der Waals surface area contributed by atoms with E-state index in [9.17, 15) is 10.1 Å². The number of nitrogen functional groups attached to an aromatic ring is 1. The van der Waals surface area contributed by atoms with E-state index in [1.165, 1.54) is 19.2 Å². The minimum absolute atomic E-state index is 0.160. The second-order valence-corrected chi connectivity index (χ2v) is 2.87.